The standard InChI is InChI=1S/C13H14N4O3/c1-8-11(12(14)20-17-8)13(18)16-15-7-9-3-5-10(19-2)6-4-9/h3-7H,14H2,1-2H3,(H,16,18)/b15-7+. The van der Waals surface area contributed by atoms with E-state index >= 15 is 0 Å². The van der Waals surface area contributed by atoms with E-state index in [-0.39, 0.29) is 11.4 Å². The number of aromatic nitrogens is 1. The number of methoxy groups -OCH3 is 1. The Hall–Kier alpha value is -2.83. The van der Waals surface area contributed by atoms with E-state index in [4.69, 9.17) is 15.0 Å². The highest BCUT2D eigenvalue weighted by molar-refractivity contribution is 5.99. The van der Waals surface area contributed by atoms with Crippen molar-refractivity contribution in [3.05, 3.63) is 41.1 Å². The maximum Gasteiger partial charge on any atom is 0.278 e. The monoisotopic (exact) mass is 274 g/mol. The molecule has 0 spiro atoms. The molecule has 2 rings (SSSR count). The molecule has 2 aromatic rings. The number of rotatable bonds is 4. The number of hydrogen-bond acceptors (Lipinski definition) is 6. The summed E-state index contributed by atoms with van der Waals surface area (Å²) >= 11 is 0. The van der Waals surface area contributed by atoms with Crippen molar-refractivity contribution in [3.8, 4) is 5.75 Å². The average Bonchev–Trinajstić information content (AvgIpc) is 2.79. The van der Waals surface area contributed by atoms with Crippen LogP contribution in [-0.4, -0.2) is 24.4 Å². The fourth-order valence-corrected chi connectivity index (χ4v) is 1.57. The Kier molecular flexibility index (Phi) is 3.99. The van der Waals surface area contributed by atoms with Gasteiger partial charge in [0.25, 0.3) is 5.91 Å². The van der Waals surface area contributed by atoms with Crippen LogP contribution in [0.4, 0.5) is 5.88 Å². The lowest BCUT2D eigenvalue weighted by molar-refractivity contribution is 0.0955. The molecule has 0 saturated carbocycles. The summed E-state index contributed by atoms with van der Waals surface area (Å²) in [6.45, 7) is 1.63. The molecule has 0 fully saturated rings. The summed E-state index contributed by atoms with van der Waals surface area (Å²) in [6.07, 6.45) is 1.51. The SMILES string of the molecule is COc1ccc(/C=N/NC(=O)c2c(C)noc2N)cc1. The summed E-state index contributed by atoms with van der Waals surface area (Å²) in [5.41, 5.74) is 9.29. The summed E-state index contributed by atoms with van der Waals surface area (Å²) < 4.78 is 9.75. The van der Waals surface area contributed by atoms with Crippen molar-refractivity contribution in [1.29, 1.82) is 0 Å². The van der Waals surface area contributed by atoms with Crippen LogP contribution in [0.3, 0.4) is 0 Å². The summed E-state index contributed by atoms with van der Waals surface area (Å²) in [7, 11) is 1.59. The third-order valence-corrected chi connectivity index (χ3v) is 2.61. The number of nitrogens with zero attached hydrogens (tertiary/aromatic N) is 2. The molecule has 20 heavy (non-hydrogen) atoms. The van der Waals surface area contributed by atoms with Gasteiger partial charge in [-0.05, 0) is 36.8 Å². The number of ether oxygens (including phenoxy) is 1. The summed E-state index contributed by atoms with van der Waals surface area (Å²) in [6, 6.07) is 7.22. The topological polar surface area (TPSA) is 103 Å². The average molecular weight is 274 g/mol. The van der Waals surface area contributed by atoms with Gasteiger partial charge in [-0.3, -0.25) is 4.79 Å². The molecule has 0 aliphatic carbocycles. The number of benzene rings is 1. The van der Waals surface area contributed by atoms with Crippen molar-refractivity contribution in [2.24, 2.45) is 5.10 Å². The van der Waals surface area contributed by atoms with Crippen LogP contribution in [-0.2, 0) is 0 Å². The van der Waals surface area contributed by atoms with Gasteiger partial charge >= 0.3 is 0 Å². The quantitative estimate of drug-likeness (QED) is 0.647. The van der Waals surface area contributed by atoms with E-state index in [1.165, 1.54) is 6.21 Å². The van der Waals surface area contributed by atoms with Gasteiger partial charge in [0.1, 0.15) is 11.3 Å². The molecule has 0 aliphatic heterocycles. The Morgan fingerprint density at radius 1 is 1.45 bits per heavy atom. The molecule has 1 aromatic carbocycles. The summed E-state index contributed by atoms with van der Waals surface area (Å²) in [5.74, 6) is 0.254. The van der Waals surface area contributed by atoms with E-state index in [0.29, 0.717) is 5.69 Å². The van der Waals surface area contributed by atoms with Gasteiger partial charge in [-0.2, -0.15) is 5.10 Å². The highest BCUT2D eigenvalue weighted by Crippen LogP contribution is 2.14. The van der Waals surface area contributed by atoms with Crippen molar-refractivity contribution < 1.29 is 14.1 Å². The van der Waals surface area contributed by atoms with Gasteiger partial charge in [0, 0.05) is 0 Å². The van der Waals surface area contributed by atoms with E-state index in [1.54, 1.807) is 26.2 Å². The molecule has 0 unspecified atom stereocenters. The lowest BCUT2D eigenvalue weighted by Gasteiger charge is -2.00. The number of hydrazone groups is 1. The minimum absolute atomic E-state index is 0.0281. The molecular formula is C13H14N4O3. The van der Waals surface area contributed by atoms with Gasteiger partial charge in [0.2, 0.25) is 5.88 Å². The first-order chi connectivity index (χ1) is 9.61. The Labute approximate surface area is 115 Å². The van der Waals surface area contributed by atoms with Crippen molar-refractivity contribution in [2.45, 2.75) is 6.92 Å². The Balaban J connectivity index is 2.01. The molecule has 0 radical (unpaired) electrons. The van der Waals surface area contributed by atoms with Crippen LogP contribution < -0.4 is 15.9 Å². The normalized spacial score (nSPS) is 10.7. The molecule has 3 N–H and O–H groups in total. The Bertz CT molecular complexity index is 612. The molecule has 7 heteroatoms. The van der Waals surface area contributed by atoms with Crippen molar-refractivity contribution in [2.75, 3.05) is 12.8 Å². The number of amides is 1. The molecule has 1 aromatic heterocycles. The molecule has 0 bridgehead atoms. The van der Waals surface area contributed by atoms with Crippen molar-refractivity contribution in [3.63, 3.8) is 0 Å². The third-order valence-electron chi connectivity index (χ3n) is 2.61. The second kappa shape index (κ2) is 5.87. The molecule has 1 heterocycles. The van der Waals surface area contributed by atoms with Crippen LogP contribution in [0.15, 0.2) is 33.9 Å². The van der Waals surface area contributed by atoms with Gasteiger partial charge < -0.3 is 15.0 Å². The number of nitrogen functional groups attached to an aromatic ring is 1. The first kappa shape index (κ1) is 13.6. The number of hydrogen-bond donors (Lipinski definition) is 2. The lowest BCUT2D eigenvalue weighted by atomic mass is 10.2. The van der Waals surface area contributed by atoms with Crippen LogP contribution >= 0.6 is 0 Å². The minimum Gasteiger partial charge on any atom is -0.497 e. The first-order valence-corrected chi connectivity index (χ1v) is 5.81. The van der Waals surface area contributed by atoms with Gasteiger partial charge in [-0.15, -0.1) is 0 Å². The smallest absolute Gasteiger partial charge is 0.278 e. The number of anilines is 1. The largest absolute Gasteiger partial charge is 0.497 e. The molecule has 0 aliphatic rings. The van der Waals surface area contributed by atoms with Crippen LogP contribution in [0.1, 0.15) is 21.6 Å². The second-order valence-corrected chi connectivity index (χ2v) is 3.98. The fraction of sp³-hybridized carbons (Fsp3) is 0.154. The van der Waals surface area contributed by atoms with Gasteiger partial charge in [-0.25, -0.2) is 5.43 Å². The third kappa shape index (κ3) is 2.94. The zero-order chi connectivity index (χ0) is 14.5. The van der Waals surface area contributed by atoms with Gasteiger partial charge in [0.05, 0.1) is 19.0 Å². The van der Waals surface area contributed by atoms with E-state index in [9.17, 15) is 4.79 Å². The van der Waals surface area contributed by atoms with Crippen LogP contribution in [0.2, 0.25) is 0 Å². The Morgan fingerprint density at radius 3 is 2.70 bits per heavy atom. The van der Waals surface area contributed by atoms with Gasteiger partial charge in [-0.1, -0.05) is 5.16 Å². The van der Waals surface area contributed by atoms with Crippen molar-refractivity contribution in [1.82, 2.24) is 10.6 Å². The fourth-order valence-electron chi connectivity index (χ4n) is 1.57. The summed E-state index contributed by atoms with van der Waals surface area (Å²) in [5, 5.41) is 7.44. The molecule has 0 saturated heterocycles. The number of carbonyl (C=O) groups excluding carboxylic acids is 1. The highest BCUT2D eigenvalue weighted by atomic mass is 16.5. The van der Waals surface area contributed by atoms with E-state index in [1.807, 2.05) is 12.1 Å². The van der Waals surface area contributed by atoms with E-state index < -0.39 is 5.91 Å². The molecular weight excluding hydrogens is 260 g/mol. The summed E-state index contributed by atoms with van der Waals surface area (Å²) in [4.78, 5) is 11.8. The highest BCUT2D eigenvalue weighted by Gasteiger charge is 2.17. The van der Waals surface area contributed by atoms with Crippen LogP contribution in [0.25, 0.3) is 0 Å². The number of aryl methyl sites for hydroxylation is 1. The lowest BCUT2D eigenvalue weighted by Crippen LogP contribution is -2.19. The zero-order valence-corrected chi connectivity index (χ0v) is 11.1. The van der Waals surface area contributed by atoms with E-state index in [0.717, 1.165) is 11.3 Å². The first-order valence-electron chi connectivity index (χ1n) is 5.81. The molecule has 7 nitrogen and oxygen atoms in total. The number of nitrogens with one attached hydrogen (secondary N) is 1. The van der Waals surface area contributed by atoms with Crippen molar-refractivity contribution >= 4 is 18.0 Å². The van der Waals surface area contributed by atoms with E-state index in [2.05, 4.69) is 15.7 Å². The van der Waals surface area contributed by atoms with Crippen LogP contribution in [0, 0.1) is 6.92 Å². The second-order valence-electron chi connectivity index (χ2n) is 3.98. The predicted octanol–water partition coefficient (Wildman–Crippen LogP) is 1.34. The minimum atomic E-state index is -0.467. The van der Waals surface area contributed by atoms with Crippen LogP contribution in [0.5, 0.6) is 5.75 Å². The Morgan fingerprint density at radius 2 is 2.15 bits per heavy atom. The predicted molar refractivity (Wildman–Crippen MR) is 73.7 cm³/mol. The van der Waals surface area contributed by atoms with Gasteiger partial charge in [0.15, 0.2) is 0 Å². The molecule has 1 amide bonds. The molecule has 0 atom stereocenters. The maximum atomic E-state index is 11.8. The maximum absolute atomic E-state index is 11.8. The number of nitrogens with two attached hydrogens (primary N) is 1. The number of carbonyl (C=O) groups is 1. The molecule has 104 valence electrons. The zero-order valence-electron chi connectivity index (χ0n) is 11.1.